The molecule has 0 atom stereocenters. The highest BCUT2D eigenvalue weighted by Gasteiger charge is 2.22. The van der Waals surface area contributed by atoms with Crippen molar-refractivity contribution in [2.24, 2.45) is 0 Å². The number of halogens is 1. The van der Waals surface area contributed by atoms with Gasteiger partial charge in [-0.25, -0.2) is 9.97 Å². The molecular weight excluding hydrogens is 380 g/mol. The van der Waals surface area contributed by atoms with Crippen molar-refractivity contribution in [2.75, 3.05) is 16.8 Å². The second kappa shape index (κ2) is 6.64. The average molecular weight is 395 g/mol. The van der Waals surface area contributed by atoms with Crippen LogP contribution in [-0.2, 0) is 6.42 Å². The highest BCUT2D eigenvalue weighted by Crippen LogP contribution is 2.31. The van der Waals surface area contributed by atoms with Gasteiger partial charge in [-0.3, -0.25) is 4.79 Å². The van der Waals surface area contributed by atoms with Crippen LogP contribution in [0.15, 0.2) is 65.4 Å². The van der Waals surface area contributed by atoms with Crippen LogP contribution in [-0.4, -0.2) is 22.4 Å². The number of benzene rings is 2. The number of para-hydroxylation sites is 1. The minimum absolute atomic E-state index is 0.230. The molecule has 1 N–H and O–H groups in total. The van der Waals surface area contributed by atoms with Gasteiger partial charge in [0, 0.05) is 34.8 Å². The van der Waals surface area contributed by atoms with Crippen LogP contribution in [0.4, 0.5) is 17.3 Å². The number of hydrogen-bond acceptors (Lipinski definition) is 4. The number of carbonyl (C=O) groups is 1. The Bertz CT molecular complexity index is 927. The van der Waals surface area contributed by atoms with Gasteiger partial charge in [-0.15, -0.1) is 0 Å². The molecule has 25 heavy (non-hydrogen) atoms. The molecule has 0 saturated carbocycles. The van der Waals surface area contributed by atoms with Crippen LogP contribution in [0.2, 0.25) is 0 Å². The lowest BCUT2D eigenvalue weighted by Gasteiger charge is -2.16. The van der Waals surface area contributed by atoms with E-state index in [0.717, 1.165) is 28.8 Å². The molecule has 124 valence electrons. The van der Waals surface area contributed by atoms with E-state index >= 15 is 0 Å². The van der Waals surface area contributed by atoms with E-state index in [9.17, 15) is 4.79 Å². The number of fused-ring (bicyclic) bond motifs is 1. The first-order valence-corrected chi connectivity index (χ1v) is 8.74. The van der Waals surface area contributed by atoms with E-state index in [1.165, 1.54) is 5.56 Å². The lowest BCUT2D eigenvalue weighted by atomic mass is 10.2. The molecule has 2 aromatic carbocycles. The molecule has 1 aliphatic heterocycles. The van der Waals surface area contributed by atoms with Gasteiger partial charge in [0.25, 0.3) is 5.91 Å². The molecule has 0 radical (unpaired) electrons. The van der Waals surface area contributed by atoms with E-state index in [1.54, 1.807) is 12.4 Å². The molecule has 0 unspecified atom stereocenters. The van der Waals surface area contributed by atoms with Gasteiger partial charge in [0.2, 0.25) is 5.95 Å². The Balaban J connectivity index is 1.52. The van der Waals surface area contributed by atoms with Crippen molar-refractivity contribution in [1.82, 2.24) is 9.97 Å². The first-order valence-electron chi connectivity index (χ1n) is 7.95. The van der Waals surface area contributed by atoms with Gasteiger partial charge in [-0.1, -0.05) is 40.2 Å². The SMILES string of the molecule is O=C(Nc1cccc(Br)c1)c1cnc(N2CCc3ccccc32)nc1. The number of nitrogens with one attached hydrogen (secondary N) is 1. The van der Waals surface area contributed by atoms with Gasteiger partial charge in [0.05, 0.1) is 5.56 Å². The second-order valence-corrected chi connectivity index (χ2v) is 6.68. The Morgan fingerprint density at radius 1 is 1.08 bits per heavy atom. The van der Waals surface area contributed by atoms with Crippen LogP contribution >= 0.6 is 15.9 Å². The number of carbonyl (C=O) groups excluding carboxylic acids is 1. The molecule has 0 bridgehead atoms. The predicted octanol–water partition coefficient (Wildman–Crippen LogP) is 4.19. The van der Waals surface area contributed by atoms with Crippen LogP contribution in [0, 0.1) is 0 Å². The van der Waals surface area contributed by atoms with Crippen molar-refractivity contribution in [3.05, 3.63) is 76.5 Å². The van der Waals surface area contributed by atoms with E-state index in [4.69, 9.17) is 0 Å². The number of hydrogen-bond donors (Lipinski definition) is 1. The lowest BCUT2D eigenvalue weighted by molar-refractivity contribution is 0.102. The maximum Gasteiger partial charge on any atom is 0.258 e. The molecule has 0 fully saturated rings. The Morgan fingerprint density at radius 2 is 1.88 bits per heavy atom. The van der Waals surface area contributed by atoms with Gasteiger partial charge in [0.15, 0.2) is 0 Å². The molecule has 2 heterocycles. The molecule has 6 heteroatoms. The summed E-state index contributed by atoms with van der Waals surface area (Å²) < 4.78 is 0.907. The molecule has 1 amide bonds. The molecule has 0 saturated heterocycles. The van der Waals surface area contributed by atoms with E-state index in [-0.39, 0.29) is 5.91 Å². The highest BCUT2D eigenvalue weighted by atomic mass is 79.9. The summed E-state index contributed by atoms with van der Waals surface area (Å²) in [6.45, 7) is 0.850. The third-order valence-electron chi connectivity index (χ3n) is 4.11. The van der Waals surface area contributed by atoms with E-state index in [2.05, 4.69) is 48.2 Å². The summed E-state index contributed by atoms with van der Waals surface area (Å²) in [6, 6.07) is 15.7. The second-order valence-electron chi connectivity index (χ2n) is 5.77. The molecule has 1 aromatic heterocycles. The molecule has 0 spiro atoms. The van der Waals surface area contributed by atoms with Crippen LogP contribution in [0.5, 0.6) is 0 Å². The van der Waals surface area contributed by atoms with Crippen LogP contribution < -0.4 is 10.2 Å². The Hall–Kier alpha value is -2.73. The summed E-state index contributed by atoms with van der Waals surface area (Å²) in [6.07, 6.45) is 4.11. The fraction of sp³-hybridized carbons (Fsp3) is 0.105. The van der Waals surface area contributed by atoms with Gasteiger partial charge in [0.1, 0.15) is 0 Å². The summed E-state index contributed by atoms with van der Waals surface area (Å²) in [5.41, 5.74) is 3.57. The molecule has 4 rings (SSSR count). The maximum absolute atomic E-state index is 12.3. The van der Waals surface area contributed by atoms with Gasteiger partial charge >= 0.3 is 0 Å². The van der Waals surface area contributed by atoms with Gasteiger partial charge in [-0.05, 0) is 36.2 Å². The topological polar surface area (TPSA) is 58.1 Å². The number of rotatable bonds is 3. The summed E-state index contributed by atoms with van der Waals surface area (Å²) in [5, 5.41) is 2.84. The third-order valence-corrected chi connectivity index (χ3v) is 4.60. The fourth-order valence-corrected chi connectivity index (χ4v) is 3.29. The zero-order valence-electron chi connectivity index (χ0n) is 13.3. The van der Waals surface area contributed by atoms with Crippen molar-refractivity contribution < 1.29 is 4.79 Å². The summed E-state index contributed by atoms with van der Waals surface area (Å²) >= 11 is 3.39. The first-order chi connectivity index (χ1) is 12.2. The summed E-state index contributed by atoms with van der Waals surface area (Å²) in [5.74, 6) is 0.385. The normalized spacial score (nSPS) is 12.8. The monoisotopic (exact) mass is 394 g/mol. The van der Waals surface area contributed by atoms with Gasteiger partial charge < -0.3 is 10.2 Å². The number of anilines is 3. The van der Waals surface area contributed by atoms with Gasteiger partial charge in [-0.2, -0.15) is 0 Å². The van der Waals surface area contributed by atoms with Crippen molar-refractivity contribution in [3.8, 4) is 0 Å². The van der Waals surface area contributed by atoms with E-state index < -0.39 is 0 Å². The van der Waals surface area contributed by atoms with E-state index in [1.807, 2.05) is 36.4 Å². The molecule has 5 nitrogen and oxygen atoms in total. The van der Waals surface area contributed by atoms with E-state index in [0.29, 0.717) is 11.5 Å². The van der Waals surface area contributed by atoms with Crippen molar-refractivity contribution in [3.63, 3.8) is 0 Å². The molecular formula is C19H15BrN4O. The largest absolute Gasteiger partial charge is 0.322 e. The van der Waals surface area contributed by atoms with Crippen LogP contribution in [0.3, 0.4) is 0 Å². The minimum Gasteiger partial charge on any atom is -0.322 e. The van der Waals surface area contributed by atoms with Crippen LogP contribution in [0.1, 0.15) is 15.9 Å². The van der Waals surface area contributed by atoms with Crippen molar-refractivity contribution >= 4 is 39.2 Å². The van der Waals surface area contributed by atoms with Crippen molar-refractivity contribution in [2.45, 2.75) is 6.42 Å². The minimum atomic E-state index is -0.230. The first kappa shape index (κ1) is 15.8. The molecule has 0 aliphatic carbocycles. The van der Waals surface area contributed by atoms with Crippen molar-refractivity contribution in [1.29, 1.82) is 0 Å². The number of nitrogens with zero attached hydrogens (tertiary/aromatic N) is 3. The standard InChI is InChI=1S/C19H15BrN4O/c20-15-5-3-6-16(10-15)23-18(25)14-11-21-19(22-12-14)24-9-8-13-4-1-2-7-17(13)24/h1-7,10-12H,8-9H2,(H,23,25). The smallest absolute Gasteiger partial charge is 0.258 e. The van der Waals surface area contributed by atoms with Crippen LogP contribution in [0.25, 0.3) is 0 Å². The Morgan fingerprint density at radius 3 is 2.68 bits per heavy atom. The zero-order valence-corrected chi connectivity index (χ0v) is 14.9. The maximum atomic E-state index is 12.3. The Kier molecular flexibility index (Phi) is 4.19. The summed E-state index contributed by atoms with van der Waals surface area (Å²) in [7, 11) is 0. The average Bonchev–Trinajstić information content (AvgIpc) is 3.06. The lowest BCUT2D eigenvalue weighted by Crippen LogP contribution is -2.18. The molecule has 3 aromatic rings. The zero-order chi connectivity index (χ0) is 17.2. The highest BCUT2D eigenvalue weighted by molar-refractivity contribution is 9.10. The number of amides is 1. The molecule has 1 aliphatic rings. The third kappa shape index (κ3) is 3.25. The quantitative estimate of drug-likeness (QED) is 0.723. The number of aromatic nitrogens is 2. The summed E-state index contributed by atoms with van der Waals surface area (Å²) in [4.78, 5) is 23.2. The predicted molar refractivity (Wildman–Crippen MR) is 101 cm³/mol. The Labute approximate surface area is 153 Å². The fourth-order valence-electron chi connectivity index (χ4n) is 2.89.